The number of amides is 2. The Hall–Kier alpha value is -3.27. The molecule has 2 aromatic rings. The zero-order valence-corrected chi connectivity index (χ0v) is 18.5. The van der Waals surface area contributed by atoms with Crippen LogP contribution in [0.25, 0.3) is 0 Å². The summed E-state index contributed by atoms with van der Waals surface area (Å²) in [6, 6.07) is 7.16. The van der Waals surface area contributed by atoms with E-state index >= 15 is 0 Å². The summed E-state index contributed by atoms with van der Waals surface area (Å²) in [7, 11) is 3.11. The van der Waals surface area contributed by atoms with Gasteiger partial charge in [0.25, 0.3) is 5.91 Å². The van der Waals surface area contributed by atoms with Gasteiger partial charge in [-0.05, 0) is 30.0 Å². The van der Waals surface area contributed by atoms with Crippen LogP contribution in [0.4, 0.5) is 11.4 Å². The molecule has 31 heavy (non-hydrogen) atoms. The van der Waals surface area contributed by atoms with Crippen molar-refractivity contribution in [2.45, 2.75) is 32.5 Å². The molecule has 1 aromatic heterocycles. The monoisotopic (exact) mass is 443 g/mol. The molecular formula is C21H25N5O4S. The fraction of sp³-hybridized carbons (Fsp3) is 0.381. The molecule has 1 unspecified atom stereocenters. The number of methoxy groups -OCH3 is 2. The lowest BCUT2D eigenvalue weighted by Gasteiger charge is -2.39. The van der Waals surface area contributed by atoms with Gasteiger partial charge in [0, 0.05) is 31.1 Å². The fourth-order valence-corrected chi connectivity index (χ4v) is 4.60. The van der Waals surface area contributed by atoms with Crippen LogP contribution in [-0.4, -0.2) is 49.6 Å². The van der Waals surface area contributed by atoms with Crippen LogP contribution < -0.4 is 25.1 Å². The van der Waals surface area contributed by atoms with E-state index in [-0.39, 0.29) is 24.5 Å². The Labute approximate surface area is 184 Å². The summed E-state index contributed by atoms with van der Waals surface area (Å²) in [5.74, 6) is 1.76. The predicted octanol–water partition coefficient (Wildman–Crippen LogP) is 3.06. The molecule has 2 amide bonds. The van der Waals surface area contributed by atoms with Crippen LogP contribution in [0.2, 0.25) is 0 Å². The van der Waals surface area contributed by atoms with Crippen molar-refractivity contribution in [3.8, 4) is 11.5 Å². The highest BCUT2D eigenvalue weighted by Gasteiger charge is 2.43. The number of hydrogen-bond acceptors (Lipinski definition) is 8. The minimum Gasteiger partial charge on any atom is -0.493 e. The summed E-state index contributed by atoms with van der Waals surface area (Å²) < 4.78 is 10.5. The number of nitrogens with one attached hydrogen (secondary N) is 2. The maximum Gasteiger partial charge on any atom is 0.269 e. The van der Waals surface area contributed by atoms with Gasteiger partial charge >= 0.3 is 0 Å². The standard InChI is InChI=1S/C21H25N5O4S/c1-4-10-25-20(28)19-14(9-11-31-19)26-17(23-24-21(25)26)7-8-18(27)22-13-5-6-15(29-2)16(12-13)30-3/h5-6,9,11-12,21,24H,4,7-8,10H2,1-3H3,(H,22,27). The number of rotatable bonds is 8. The van der Waals surface area contributed by atoms with Gasteiger partial charge in [-0.25, -0.2) is 0 Å². The van der Waals surface area contributed by atoms with Crippen molar-refractivity contribution in [2.24, 2.45) is 5.10 Å². The Morgan fingerprint density at radius 2 is 2.06 bits per heavy atom. The molecule has 0 aliphatic carbocycles. The molecule has 1 aromatic carbocycles. The number of anilines is 2. The van der Waals surface area contributed by atoms with Crippen molar-refractivity contribution in [1.29, 1.82) is 0 Å². The lowest BCUT2D eigenvalue weighted by Crippen LogP contribution is -2.58. The number of fused-ring (bicyclic) bond motifs is 3. The second kappa shape index (κ2) is 8.84. The molecule has 4 rings (SSSR count). The van der Waals surface area contributed by atoms with Crippen molar-refractivity contribution in [3.63, 3.8) is 0 Å². The molecule has 0 spiro atoms. The van der Waals surface area contributed by atoms with Gasteiger partial charge in [-0.3, -0.25) is 24.8 Å². The number of amidine groups is 1. The van der Waals surface area contributed by atoms with Crippen molar-refractivity contribution in [2.75, 3.05) is 31.0 Å². The number of ether oxygens (including phenoxy) is 2. The topological polar surface area (TPSA) is 95.5 Å². The van der Waals surface area contributed by atoms with Crippen molar-refractivity contribution < 1.29 is 19.1 Å². The summed E-state index contributed by atoms with van der Waals surface area (Å²) in [6.45, 7) is 2.67. The first-order chi connectivity index (χ1) is 15.1. The Balaban J connectivity index is 1.43. The van der Waals surface area contributed by atoms with Crippen molar-refractivity contribution >= 4 is 40.4 Å². The van der Waals surface area contributed by atoms with Crippen LogP contribution >= 0.6 is 11.3 Å². The summed E-state index contributed by atoms with van der Waals surface area (Å²) in [5.41, 5.74) is 4.54. The van der Waals surface area contributed by atoms with Crippen LogP contribution in [0.5, 0.6) is 11.5 Å². The van der Waals surface area contributed by atoms with E-state index in [9.17, 15) is 9.59 Å². The maximum atomic E-state index is 12.8. The molecule has 0 saturated heterocycles. The van der Waals surface area contributed by atoms with Crippen molar-refractivity contribution in [1.82, 2.24) is 10.3 Å². The van der Waals surface area contributed by atoms with Crippen LogP contribution in [0, 0.1) is 0 Å². The summed E-state index contributed by atoms with van der Waals surface area (Å²) in [5, 5.41) is 9.24. The second-order valence-corrected chi connectivity index (χ2v) is 8.07. The number of carbonyl (C=O) groups excluding carboxylic acids is 2. The normalized spacial score (nSPS) is 16.9. The molecule has 9 nitrogen and oxygen atoms in total. The smallest absolute Gasteiger partial charge is 0.269 e. The second-order valence-electron chi connectivity index (χ2n) is 7.15. The van der Waals surface area contributed by atoms with E-state index in [0.29, 0.717) is 35.0 Å². The largest absolute Gasteiger partial charge is 0.493 e. The Kier molecular flexibility index (Phi) is 5.99. The Morgan fingerprint density at radius 1 is 1.26 bits per heavy atom. The number of carbonyl (C=O) groups is 2. The van der Waals surface area contributed by atoms with E-state index in [1.165, 1.54) is 11.3 Å². The molecule has 2 N–H and O–H groups in total. The van der Waals surface area contributed by atoms with Crippen LogP contribution in [0.15, 0.2) is 34.7 Å². The molecule has 164 valence electrons. The van der Waals surface area contributed by atoms with Crippen LogP contribution in [0.1, 0.15) is 35.9 Å². The quantitative estimate of drug-likeness (QED) is 0.651. The lowest BCUT2D eigenvalue weighted by molar-refractivity contribution is -0.116. The molecule has 10 heteroatoms. The maximum absolute atomic E-state index is 12.8. The summed E-state index contributed by atoms with van der Waals surface area (Å²) in [4.78, 5) is 29.9. The molecule has 0 fully saturated rings. The molecule has 1 atom stereocenters. The minimum atomic E-state index is -0.349. The van der Waals surface area contributed by atoms with Crippen LogP contribution in [-0.2, 0) is 4.79 Å². The number of nitrogens with zero attached hydrogens (tertiary/aromatic N) is 3. The highest BCUT2D eigenvalue weighted by atomic mass is 32.1. The first-order valence-corrected chi connectivity index (χ1v) is 11.0. The van der Waals surface area contributed by atoms with E-state index in [2.05, 4.69) is 15.8 Å². The van der Waals surface area contributed by atoms with Gasteiger partial charge in [0.1, 0.15) is 10.7 Å². The van der Waals surface area contributed by atoms with Gasteiger partial charge in [0.05, 0.1) is 19.9 Å². The molecule has 2 aliphatic rings. The minimum absolute atomic E-state index is 0.0169. The van der Waals surface area contributed by atoms with Gasteiger partial charge in [0.2, 0.25) is 12.2 Å². The van der Waals surface area contributed by atoms with Crippen molar-refractivity contribution in [3.05, 3.63) is 34.5 Å². The van der Waals surface area contributed by atoms with Crippen LogP contribution in [0.3, 0.4) is 0 Å². The van der Waals surface area contributed by atoms with Gasteiger partial charge in [0.15, 0.2) is 11.5 Å². The molecule has 2 aliphatic heterocycles. The first-order valence-electron chi connectivity index (χ1n) is 10.1. The zero-order chi connectivity index (χ0) is 22.0. The first kappa shape index (κ1) is 21.0. The third kappa shape index (κ3) is 3.90. The van der Waals surface area contributed by atoms with E-state index in [1.807, 2.05) is 23.3 Å². The third-order valence-corrected chi connectivity index (χ3v) is 6.09. The molecule has 3 heterocycles. The Morgan fingerprint density at radius 3 is 2.81 bits per heavy atom. The predicted molar refractivity (Wildman–Crippen MR) is 120 cm³/mol. The summed E-state index contributed by atoms with van der Waals surface area (Å²) >= 11 is 1.43. The molecule has 0 saturated carbocycles. The molecule has 0 bridgehead atoms. The number of thiophene rings is 1. The molecular weight excluding hydrogens is 418 g/mol. The van der Waals surface area contributed by atoms with Gasteiger partial charge in [-0.2, -0.15) is 5.10 Å². The average molecular weight is 444 g/mol. The zero-order valence-electron chi connectivity index (χ0n) is 17.7. The number of hydrazone groups is 1. The van der Waals surface area contributed by atoms with Gasteiger partial charge < -0.3 is 14.8 Å². The molecule has 0 radical (unpaired) electrons. The van der Waals surface area contributed by atoms with Gasteiger partial charge in [-0.15, -0.1) is 11.3 Å². The fourth-order valence-electron chi connectivity index (χ4n) is 3.76. The highest BCUT2D eigenvalue weighted by Crippen LogP contribution is 2.37. The van der Waals surface area contributed by atoms with E-state index in [0.717, 1.165) is 17.9 Å². The van der Waals surface area contributed by atoms with E-state index in [4.69, 9.17) is 9.47 Å². The van der Waals surface area contributed by atoms with Gasteiger partial charge in [-0.1, -0.05) is 6.92 Å². The summed E-state index contributed by atoms with van der Waals surface area (Å²) in [6.07, 6.45) is 1.19. The third-order valence-electron chi connectivity index (χ3n) is 5.19. The van der Waals surface area contributed by atoms with E-state index < -0.39 is 0 Å². The Bertz CT molecular complexity index is 1020. The average Bonchev–Trinajstić information content (AvgIpc) is 3.42. The lowest BCUT2D eigenvalue weighted by atomic mass is 10.2. The number of hydrogen-bond donors (Lipinski definition) is 2. The van der Waals surface area contributed by atoms with E-state index in [1.54, 1.807) is 37.3 Å². The SMILES string of the molecule is CCCN1C(=O)c2sccc2N2C(CCC(=O)Nc3ccc(OC)c(OC)c3)=NNC12. The highest BCUT2D eigenvalue weighted by molar-refractivity contribution is 7.12. The number of benzene rings is 1.